The quantitative estimate of drug-likeness (QED) is 0.755. The van der Waals surface area contributed by atoms with Gasteiger partial charge in [0.05, 0.1) is 12.1 Å². The van der Waals surface area contributed by atoms with E-state index in [1.54, 1.807) is 6.92 Å². The number of amides is 1. The number of halogens is 3. The lowest BCUT2D eigenvalue weighted by atomic mass is 9.89. The molecule has 4 nitrogen and oxygen atoms in total. The molecule has 2 aliphatic heterocycles. The minimum atomic E-state index is -4.69. The molecule has 7 heteroatoms. The van der Waals surface area contributed by atoms with Gasteiger partial charge >= 0.3 is 6.18 Å². The van der Waals surface area contributed by atoms with E-state index in [0.29, 0.717) is 13.0 Å². The lowest BCUT2D eigenvalue weighted by Gasteiger charge is -2.37. The summed E-state index contributed by atoms with van der Waals surface area (Å²) in [5, 5.41) is 12.7. The first-order chi connectivity index (χ1) is 8.68. The minimum Gasteiger partial charge on any atom is -0.379 e. The summed E-state index contributed by atoms with van der Waals surface area (Å²) in [6.45, 7) is 1.71. The predicted molar refractivity (Wildman–Crippen MR) is 62.5 cm³/mol. The number of likely N-dealkylation sites (tertiary alicyclic amines) is 1. The van der Waals surface area contributed by atoms with Gasteiger partial charge in [-0.25, -0.2) is 0 Å². The van der Waals surface area contributed by atoms with E-state index in [9.17, 15) is 23.1 Å². The summed E-state index contributed by atoms with van der Waals surface area (Å²) in [6, 6.07) is 0. The van der Waals surface area contributed by atoms with E-state index in [1.807, 2.05) is 0 Å². The molecule has 2 rings (SSSR count). The van der Waals surface area contributed by atoms with Gasteiger partial charge in [0, 0.05) is 13.0 Å². The number of carbonyl (C=O) groups excluding carboxylic acids is 1. The Labute approximate surface area is 110 Å². The average molecular weight is 280 g/mol. The molecule has 0 aromatic carbocycles. The number of rotatable bonds is 1. The Kier molecular flexibility index (Phi) is 3.55. The molecule has 2 unspecified atom stereocenters. The van der Waals surface area contributed by atoms with Gasteiger partial charge in [-0.15, -0.1) is 0 Å². The van der Waals surface area contributed by atoms with Crippen molar-refractivity contribution in [2.45, 2.75) is 49.9 Å². The second kappa shape index (κ2) is 4.63. The number of aliphatic hydroxyl groups is 1. The fraction of sp³-hybridized carbons (Fsp3) is 0.917. The van der Waals surface area contributed by atoms with Gasteiger partial charge in [-0.05, 0) is 32.7 Å². The zero-order valence-electron chi connectivity index (χ0n) is 10.9. The Balaban J connectivity index is 2.06. The van der Waals surface area contributed by atoms with Crippen LogP contribution in [0.4, 0.5) is 13.2 Å². The smallest absolute Gasteiger partial charge is 0.379 e. The van der Waals surface area contributed by atoms with Crippen molar-refractivity contribution in [3.63, 3.8) is 0 Å². The SMILES string of the molecule is CC1(C(=O)N2CCC(O)(C(F)(F)F)C2)CCCCN1. The molecular formula is C12H19F3N2O2. The molecular weight excluding hydrogens is 261 g/mol. The molecule has 2 heterocycles. The normalized spacial score (nSPS) is 36.6. The van der Waals surface area contributed by atoms with Gasteiger partial charge in [0.1, 0.15) is 0 Å². The van der Waals surface area contributed by atoms with Crippen LogP contribution in [-0.4, -0.2) is 52.9 Å². The number of piperidine rings is 1. The summed E-state index contributed by atoms with van der Waals surface area (Å²) in [4.78, 5) is 13.5. The van der Waals surface area contributed by atoms with E-state index in [-0.39, 0.29) is 12.5 Å². The van der Waals surface area contributed by atoms with Crippen molar-refractivity contribution in [1.29, 1.82) is 0 Å². The van der Waals surface area contributed by atoms with Crippen LogP contribution >= 0.6 is 0 Å². The van der Waals surface area contributed by atoms with Gasteiger partial charge in [0.15, 0.2) is 5.60 Å². The molecule has 2 fully saturated rings. The van der Waals surface area contributed by atoms with E-state index in [1.165, 1.54) is 0 Å². The topological polar surface area (TPSA) is 52.6 Å². The van der Waals surface area contributed by atoms with Crippen molar-refractivity contribution >= 4 is 5.91 Å². The maximum atomic E-state index is 12.7. The van der Waals surface area contributed by atoms with E-state index >= 15 is 0 Å². The molecule has 1 amide bonds. The third kappa shape index (κ3) is 2.58. The Morgan fingerprint density at radius 2 is 2.00 bits per heavy atom. The molecule has 19 heavy (non-hydrogen) atoms. The van der Waals surface area contributed by atoms with Crippen molar-refractivity contribution in [1.82, 2.24) is 10.2 Å². The van der Waals surface area contributed by atoms with Crippen molar-refractivity contribution in [2.75, 3.05) is 19.6 Å². The zero-order valence-corrected chi connectivity index (χ0v) is 10.9. The monoisotopic (exact) mass is 280 g/mol. The van der Waals surface area contributed by atoms with Crippen LogP contribution in [0.5, 0.6) is 0 Å². The summed E-state index contributed by atoms with van der Waals surface area (Å²) in [5.74, 6) is -0.340. The highest BCUT2D eigenvalue weighted by Crippen LogP contribution is 2.38. The largest absolute Gasteiger partial charge is 0.419 e. The van der Waals surface area contributed by atoms with Crippen molar-refractivity contribution in [3.8, 4) is 0 Å². The zero-order chi connectivity index (χ0) is 14.3. The highest BCUT2D eigenvalue weighted by atomic mass is 19.4. The van der Waals surface area contributed by atoms with Crippen LogP contribution in [0, 0.1) is 0 Å². The number of hydrogen-bond acceptors (Lipinski definition) is 3. The molecule has 2 N–H and O–H groups in total. The molecule has 0 aromatic heterocycles. The van der Waals surface area contributed by atoms with Crippen LogP contribution in [0.2, 0.25) is 0 Å². The highest BCUT2D eigenvalue weighted by molar-refractivity contribution is 5.86. The number of β-amino-alcohol motifs (C(OH)–C–C–N with tert-alkyl or cyclic N) is 1. The first-order valence-electron chi connectivity index (χ1n) is 6.51. The first kappa shape index (κ1) is 14.6. The second-order valence-corrected chi connectivity index (χ2v) is 5.72. The van der Waals surface area contributed by atoms with E-state index in [0.717, 1.165) is 17.7 Å². The van der Waals surface area contributed by atoms with Crippen LogP contribution in [0.15, 0.2) is 0 Å². The predicted octanol–water partition coefficient (Wildman–Crippen LogP) is 1.04. The van der Waals surface area contributed by atoms with Crippen LogP contribution in [0.3, 0.4) is 0 Å². The maximum Gasteiger partial charge on any atom is 0.419 e. The van der Waals surface area contributed by atoms with Gasteiger partial charge in [-0.3, -0.25) is 4.79 Å². The fourth-order valence-electron chi connectivity index (χ4n) is 2.79. The summed E-state index contributed by atoms with van der Waals surface area (Å²) >= 11 is 0. The Bertz CT molecular complexity index is 366. The first-order valence-corrected chi connectivity index (χ1v) is 6.51. The minimum absolute atomic E-state index is 0.0495. The summed E-state index contributed by atoms with van der Waals surface area (Å²) in [5.41, 5.74) is -3.55. The van der Waals surface area contributed by atoms with Crippen LogP contribution in [0.1, 0.15) is 32.6 Å². The van der Waals surface area contributed by atoms with Gasteiger partial charge in [-0.1, -0.05) is 0 Å². The van der Waals surface area contributed by atoms with E-state index < -0.39 is 30.3 Å². The third-order valence-corrected chi connectivity index (χ3v) is 4.15. The molecule has 0 bridgehead atoms. The average Bonchev–Trinajstić information content (AvgIpc) is 2.72. The summed E-state index contributed by atoms with van der Waals surface area (Å²) < 4.78 is 38.1. The summed E-state index contributed by atoms with van der Waals surface area (Å²) in [6.07, 6.45) is -2.67. The highest BCUT2D eigenvalue weighted by Gasteiger charge is 2.58. The molecule has 2 aliphatic rings. The van der Waals surface area contributed by atoms with Gasteiger partial charge in [0.2, 0.25) is 5.91 Å². The molecule has 0 saturated carbocycles. The van der Waals surface area contributed by atoms with Crippen molar-refractivity contribution in [2.24, 2.45) is 0 Å². The second-order valence-electron chi connectivity index (χ2n) is 5.72. The molecule has 0 aliphatic carbocycles. The summed E-state index contributed by atoms with van der Waals surface area (Å²) in [7, 11) is 0. The lowest BCUT2D eigenvalue weighted by Crippen LogP contribution is -2.58. The number of alkyl halides is 3. The Hall–Kier alpha value is -0.820. The number of hydrogen-bond donors (Lipinski definition) is 2. The standard InChI is InChI=1S/C12H19F3N2O2/c1-10(4-2-3-6-16-10)9(18)17-7-5-11(19,8-17)12(13,14)15/h16,19H,2-8H2,1H3. The van der Waals surface area contributed by atoms with Crippen molar-refractivity contribution in [3.05, 3.63) is 0 Å². The van der Waals surface area contributed by atoms with Gasteiger partial charge in [0.25, 0.3) is 0 Å². The molecule has 0 aromatic rings. The number of carbonyl (C=O) groups is 1. The van der Waals surface area contributed by atoms with E-state index in [4.69, 9.17) is 0 Å². The molecule has 0 spiro atoms. The molecule has 110 valence electrons. The Morgan fingerprint density at radius 1 is 1.32 bits per heavy atom. The van der Waals surface area contributed by atoms with E-state index in [2.05, 4.69) is 5.32 Å². The lowest BCUT2D eigenvalue weighted by molar-refractivity contribution is -0.253. The molecule has 2 saturated heterocycles. The Morgan fingerprint density at radius 3 is 2.47 bits per heavy atom. The number of nitrogens with zero attached hydrogens (tertiary/aromatic N) is 1. The van der Waals surface area contributed by atoms with Crippen LogP contribution < -0.4 is 5.32 Å². The molecule has 0 radical (unpaired) electrons. The molecule has 2 atom stereocenters. The van der Waals surface area contributed by atoms with Crippen LogP contribution in [-0.2, 0) is 4.79 Å². The number of nitrogens with one attached hydrogen (secondary N) is 1. The fourth-order valence-corrected chi connectivity index (χ4v) is 2.79. The third-order valence-electron chi connectivity index (χ3n) is 4.15. The maximum absolute atomic E-state index is 12.7. The van der Waals surface area contributed by atoms with Gasteiger partial charge in [-0.2, -0.15) is 13.2 Å². The van der Waals surface area contributed by atoms with Crippen LogP contribution in [0.25, 0.3) is 0 Å². The van der Waals surface area contributed by atoms with Crippen molar-refractivity contribution < 1.29 is 23.1 Å². The van der Waals surface area contributed by atoms with Gasteiger partial charge < -0.3 is 15.3 Å².